The molecule has 1 aliphatic heterocycles. The van der Waals surface area contributed by atoms with E-state index in [1.54, 1.807) is 0 Å². The van der Waals surface area contributed by atoms with Gasteiger partial charge in [-0.3, -0.25) is 5.16 Å². The molecule has 0 amide bonds. The Kier molecular flexibility index (Phi) is 5.23. The van der Waals surface area contributed by atoms with Crippen molar-refractivity contribution in [3.8, 4) is 0 Å². The van der Waals surface area contributed by atoms with Crippen LogP contribution >= 0.6 is 0 Å². The van der Waals surface area contributed by atoms with Crippen molar-refractivity contribution in [2.24, 2.45) is 22.3 Å². The molecule has 1 aliphatic carbocycles. The van der Waals surface area contributed by atoms with Gasteiger partial charge in [-0.15, -0.1) is 0 Å². The Morgan fingerprint density at radius 1 is 1.64 bits per heavy atom. The molecule has 2 rings (SSSR count). The molecule has 0 aromatic heterocycles. The van der Waals surface area contributed by atoms with E-state index in [9.17, 15) is 0 Å². The topological polar surface area (TPSA) is 100 Å². The highest BCUT2D eigenvalue weighted by atomic mass is 16.8. The first-order chi connectivity index (χ1) is 10.4. The summed E-state index contributed by atoms with van der Waals surface area (Å²) in [5.41, 5.74) is 4.27. The lowest BCUT2D eigenvalue weighted by atomic mass is 9.76. The minimum absolute atomic E-state index is 0.110. The van der Waals surface area contributed by atoms with Crippen molar-refractivity contribution in [2.75, 3.05) is 6.61 Å². The summed E-state index contributed by atoms with van der Waals surface area (Å²) >= 11 is 0. The van der Waals surface area contributed by atoms with Crippen LogP contribution in [0, 0.1) is 5.41 Å². The van der Waals surface area contributed by atoms with Crippen LogP contribution in [0.15, 0.2) is 29.0 Å². The summed E-state index contributed by atoms with van der Waals surface area (Å²) in [6.07, 6.45) is 10.2. The average Bonchev–Trinajstić information content (AvgIpc) is 2.91. The number of hydroxylamine groups is 1. The van der Waals surface area contributed by atoms with Crippen molar-refractivity contribution in [1.29, 1.82) is 0 Å². The van der Waals surface area contributed by atoms with Gasteiger partial charge in [0.1, 0.15) is 5.60 Å². The van der Waals surface area contributed by atoms with Gasteiger partial charge in [-0.1, -0.05) is 50.5 Å². The molecule has 0 saturated carbocycles. The summed E-state index contributed by atoms with van der Waals surface area (Å²) in [6.45, 7) is 7.33. The van der Waals surface area contributed by atoms with Gasteiger partial charge in [0.25, 0.3) is 0 Å². The van der Waals surface area contributed by atoms with Crippen molar-refractivity contribution in [2.45, 2.75) is 51.7 Å². The van der Waals surface area contributed by atoms with Crippen LogP contribution in [0.1, 0.15) is 40.0 Å². The fourth-order valence-corrected chi connectivity index (χ4v) is 2.90. The molecule has 0 bridgehead atoms. The van der Waals surface area contributed by atoms with Crippen LogP contribution in [0.25, 0.3) is 5.43 Å². The molecular weight excluding hydrogens is 282 g/mol. The maximum atomic E-state index is 5.98. The average molecular weight is 308 g/mol. The Morgan fingerprint density at radius 2 is 2.41 bits per heavy atom. The lowest BCUT2D eigenvalue weighted by Gasteiger charge is -2.38. The van der Waals surface area contributed by atoms with Gasteiger partial charge >= 0.3 is 0 Å². The Bertz CT molecular complexity index is 475. The number of hydrazine groups is 1. The predicted octanol–water partition coefficient (Wildman–Crippen LogP) is 2.13. The molecule has 1 spiro atoms. The van der Waals surface area contributed by atoms with Crippen molar-refractivity contribution < 1.29 is 9.68 Å². The number of ether oxygens (including phenoxy) is 1. The van der Waals surface area contributed by atoms with Gasteiger partial charge in [0.2, 0.25) is 0 Å². The zero-order valence-electron chi connectivity index (χ0n) is 13.5. The Labute approximate surface area is 131 Å². The molecule has 1 fully saturated rings. The summed E-state index contributed by atoms with van der Waals surface area (Å²) < 4.78 is 5.98. The molecule has 22 heavy (non-hydrogen) atoms. The minimum Gasteiger partial charge on any atom is -0.409 e. The third-order valence-corrected chi connectivity index (χ3v) is 4.74. The summed E-state index contributed by atoms with van der Waals surface area (Å²) in [7, 11) is 0. The molecule has 1 saturated heterocycles. The quantitative estimate of drug-likeness (QED) is 0.339. The van der Waals surface area contributed by atoms with E-state index in [4.69, 9.17) is 21.4 Å². The van der Waals surface area contributed by atoms with Crippen LogP contribution in [-0.2, 0) is 9.68 Å². The van der Waals surface area contributed by atoms with Crippen molar-refractivity contribution >= 4 is 6.34 Å². The smallest absolute Gasteiger partial charge is 0.110 e. The number of nitrogens with two attached hydrogens (primary N) is 2. The minimum atomic E-state index is -0.461. The number of hydrogen-bond acceptors (Lipinski definition) is 6. The molecule has 7 heteroatoms. The van der Waals surface area contributed by atoms with E-state index in [1.165, 1.54) is 10.7 Å². The summed E-state index contributed by atoms with van der Waals surface area (Å²) in [6, 6.07) is -0.110. The van der Waals surface area contributed by atoms with Crippen LogP contribution in [0.5, 0.6) is 0 Å². The van der Waals surface area contributed by atoms with E-state index in [2.05, 4.69) is 49.6 Å². The molecule has 2 unspecified atom stereocenters. The number of rotatable bonds is 6. The molecule has 0 radical (unpaired) electrons. The van der Waals surface area contributed by atoms with Crippen LogP contribution in [0.4, 0.5) is 0 Å². The highest BCUT2D eigenvalue weighted by Crippen LogP contribution is 2.41. The second-order valence-electron chi connectivity index (χ2n) is 6.35. The Hall–Kier alpha value is -1.41. The van der Waals surface area contributed by atoms with Crippen LogP contribution in [0.2, 0.25) is 0 Å². The third kappa shape index (κ3) is 3.33. The summed E-state index contributed by atoms with van der Waals surface area (Å²) in [5.74, 6) is 10.9. The van der Waals surface area contributed by atoms with Gasteiger partial charge in [-0.05, 0) is 23.8 Å². The Balaban J connectivity index is 2.08. The van der Waals surface area contributed by atoms with Crippen LogP contribution in [0.3, 0.4) is 0 Å². The second kappa shape index (κ2) is 6.78. The third-order valence-electron chi connectivity index (χ3n) is 4.74. The molecule has 7 nitrogen and oxygen atoms in total. The van der Waals surface area contributed by atoms with E-state index >= 15 is 0 Å². The molecule has 1 heterocycles. The van der Waals surface area contributed by atoms with Crippen molar-refractivity contribution in [1.82, 2.24) is 5.17 Å². The number of allylic oxidation sites excluding steroid dienone is 2. The van der Waals surface area contributed by atoms with E-state index in [0.717, 1.165) is 25.6 Å². The fraction of sp³-hybridized carbons (Fsp3) is 0.667. The second-order valence-corrected chi connectivity index (χ2v) is 6.35. The highest BCUT2D eigenvalue weighted by molar-refractivity contribution is 5.67. The van der Waals surface area contributed by atoms with Gasteiger partial charge < -0.3 is 20.9 Å². The van der Waals surface area contributed by atoms with Gasteiger partial charge in [0.05, 0.1) is 6.04 Å². The SMILES string of the molecule is CCC(C)(C)C1=CCC2(C=C1)OCCC2N(N)O/N=C/[N-]N. The van der Waals surface area contributed by atoms with E-state index in [0.29, 0.717) is 6.61 Å². The number of nitrogens with zero attached hydrogens (tertiary/aromatic N) is 3. The van der Waals surface area contributed by atoms with Crippen LogP contribution in [-0.4, -0.2) is 29.8 Å². The molecular formula is C15H26N5O2-. The first-order valence-corrected chi connectivity index (χ1v) is 7.62. The number of hydrogen-bond donors (Lipinski definition) is 2. The van der Waals surface area contributed by atoms with E-state index in [1.807, 2.05) is 0 Å². The molecule has 2 aliphatic rings. The van der Waals surface area contributed by atoms with Gasteiger partial charge in [-0.2, -0.15) is 0 Å². The van der Waals surface area contributed by atoms with Gasteiger partial charge in [0.15, 0.2) is 0 Å². The molecule has 0 aromatic rings. The standard InChI is InChI=1S/C15H26N5O2/c1-4-14(2,3)12-5-8-15(9-6-12)13(7-10-21-15)20(17)22-19-11-18-16/h5-6,8,11,13H,4,7,9-10,16-17H2,1-3H3/q-1. The first-order valence-electron chi connectivity index (χ1n) is 7.62. The Morgan fingerprint density at radius 3 is 3.00 bits per heavy atom. The summed E-state index contributed by atoms with van der Waals surface area (Å²) in [4.78, 5) is 5.08. The fourth-order valence-electron chi connectivity index (χ4n) is 2.90. The zero-order valence-corrected chi connectivity index (χ0v) is 13.5. The van der Waals surface area contributed by atoms with Gasteiger partial charge in [0, 0.05) is 13.0 Å². The maximum absolute atomic E-state index is 5.98. The molecule has 0 aromatic carbocycles. The molecule has 2 atom stereocenters. The largest absolute Gasteiger partial charge is 0.409 e. The van der Waals surface area contributed by atoms with E-state index < -0.39 is 5.60 Å². The molecule has 124 valence electrons. The molecule has 4 N–H and O–H groups in total. The first kappa shape index (κ1) is 17.0. The summed E-state index contributed by atoms with van der Waals surface area (Å²) in [5, 5.41) is 4.79. The van der Waals surface area contributed by atoms with Crippen molar-refractivity contribution in [3.05, 3.63) is 29.2 Å². The van der Waals surface area contributed by atoms with Crippen LogP contribution < -0.4 is 11.7 Å². The number of oxime groups is 1. The monoisotopic (exact) mass is 308 g/mol. The highest BCUT2D eigenvalue weighted by Gasteiger charge is 2.46. The zero-order chi connectivity index (χ0) is 16.2. The lowest BCUT2D eigenvalue weighted by molar-refractivity contribution is -0.208. The van der Waals surface area contributed by atoms with E-state index in [-0.39, 0.29) is 11.5 Å². The van der Waals surface area contributed by atoms with Gasteiger partial charge in [-0.25, -0.2) is 5.84 Å². The normalized spacial score (nSPS) is 28.6. The maximum Gasteiger partial charge on any atom is 0.110 e. The predicted molar refractivity (Wildman–Crippen MR) is 86.1 cm³/mol. The van der Waals surface area contributed by atoms with Crippen molar-refractivity contribution in [3.63, 3.8) is 0 Å². The lowest BCUT2D eigenvalue weighted by Crippen LogP contribution is -2.52.